The highest BCUT2D eigenvalue weighted by Crippen LogP contribution is 2.20. The van der Waals surface area contributed by atoms with E-state index >= 15 is 0 Å². The Morgan fingerprint density at radius 3 is 1.55 bits per heavy atom. The normalized spacial score (nSPS) is 8.72. The molecule has 0 bridgehead atoms. The maximum Gasteiger partial charge on any atom is 0.0387 e. The number of nitrogens with one attached hydrogen (secondary N) is 1. The lowest BCUT2D eigenvalue weighted by Crippen LogP contribution is -2.00. The average Bonchev–Trinajstić information content (AvgIpc) is 2.71. The molecule has 0 aromatic heterocycles. The Morgan fingerprint density at radius 2 is 1.14 bits per heavy atom. The van der Waals surface area contributed by atoms with E-state index in [2.05, 4.69) is 64.7 Å². The molecule has 0 saturated heterocycles. The Hall–Kier alpha value is -2.02. The third-order valence-electron chi connectivity index (χ3n) is 4.21. The number of unbranched alkanes of at least 4 members (excludes halogenated alkanes) is 4. The van der Waals surface area contributed by atoms with E-state index in [1.165, 1.54) is 49.7 Å². The fraction of sp³-hybridized carbons (Fsp3) is 0.500. The van der Waals surface area contributed by atoms with Crippen LogP contribution in [0.25, 0.3) is 5.70 Å². The van der Waals surface area contributed by atoms with Gasteiger partial charge in [-0.3, -0.25) is 0 Å². The summed E-state index contributed by atoms with van der Waals surface area (Å²) in [6.07, 6.45) is 9.17. The van der Waals surface area contributed by atoms with Gasteiger partial charge in [0.15, 0.2) is 0 Å². The van der Waals surface area contributed by atoms with Crippen LogP contribution in [-0.4, -0.2) is 0 Å². The third kappa shape index (κ3) is 15.6. The number of anilines is 1. The van der Waals surface area contributed by atoms with Crippen LogP contribution >= 0.6 is 0 Å². The smallest absolute Gasteiger partial charge is 0.0387 e. The van der Waals surface area contributed by atoms with Crippen molar-refractivity contribution in [2.45, 2.75) is 94.4 Å². The molecule has 1 N–H and O–H groups in total. The van der Waals surface area contributed by atoms with Gasteiger partial charge in [0, 0.05) is 16.9 Å². The minimum atomic E-state index is 0. The molecule has 29 heavy (non-hydrogen) atoms. The maximum atomic E-state index is 4.12. The number of para-hydroxylation sites is 1. The van der Waals surface area contributed by atoms with Crippen molar-refractivity contribution >= 4 is 11.4 Å². The molecule has 166 valence electrons. The topological polar surface area (TPSA) is 12.0 Å². The van der Waals surface area contributed by atoms with E-state index in [4.69, 9.17) is 0 Å². The van der Waals surface area contributed by atoms with E-state index in [0.29, 0.717) is 0 Å². The first-order valence-corrected chi connectivity index (χ1v) is 10.7. The van der Waals surface area contributed by atoms with Gasteiger partial charge in [-0.25, -0.2) is 0 Å². The molecule has 0 amide bonds. The minimum absolute atomic E-state index is 0. The molecule has 0 aliphatic rings. The number of benzene rings is 2. The van der Waals surface area contributed by atoms with E-state index < -0.39 is 0 Å². The van der Waals surface area contributed by atoms with Crippen molar-refractivity contribution in [2.24, 2.45) is 0 Å². The molecule has 2 aromatic rings. The van der Waals surface area contributed by atoms with Gasteiger partial charge in [0.05, 0.1) is 0 Å². The van der Waals surface area contributed by atoms with Crippen LogP contribution < -0.4 is 5.32 Å². The third-order valence-corrected chi connectivity index (χ3v) is 4.21. The minimum Gasteiger partial charge on any atom is -0.356 e. The Kier molecular flexibility index (Phi) is 24.3. The Bertz CT molecular complexity index is 576. The van der Waals surface area contributed by atoms with Crippen LogP contribution in [0.1, 0.15) is 99.1 Å². The molecule has 2 aromatic carbocycles. The van der Waals surface area contributed by atoms with Gasteiger partial charge in [0.1, 0.15) is 0 Å². The van der Waals surface area contributed by atoms with Gasteiger partial charge in [-0.05, 0) is 24.1 Å². The highest BCUT2D eigenvalue weighted by atomic mass is 14.9. The lowest BCUT2D eigenvalue weighted by atomic mass is 10.0. The van der Waals surface area contributed by atoms with E-state index in [1.807, 2.05) is 36.4 Å². The monoisotopic (exact) mass is 399 g/mol. The molecule has 0 atom stereocenters. The molecule has 0 saturated carbocycles. The summed E-state index contributed by atoms with van der Waals surface area (Å²) in [5, 5.41) is 3.34. The lowest BCUT2D eigenvalue weighted by Gasteiger charge is -2.13. The highest BCUT2D eigenvalue weighted by molar-refractivity contribution is 5.76. The van der Waals surface area contributed by atoms with Gasteiger partial charge < -0.3 is 5.32 Å². The second kappa shape index (κ2) is 22.3. The van der Waals surface area contributed by atoms with Crippen LogP contribution in [0.2, 0.25) is 0 Å². The second-order valence-electron chi connectivity index (χ2n) is 6.69. The fourth-order valence-corrected chi connectivity index (χ4v) is 2.59. The van der Waals surface area contributed by atoms with Gasteiger partial charge >= 0.3 is 0 Å². The van der Waals surface area contributed by atoms with Gasteiger partial charge in [-0.2, -0.15) is 0 Å². The summed E-state index contributed by atoms with van der Waals surface area (Å²) in [5.41, 5.74) is 4.54. The molecule has 0 heterocycles. The molecule has 0 aliphatic heterocycles. The zero-order valence-electron chi connectivity index (χ0n) is 18.4. The van der Waals surface area contributed by atoms with Crippen molar-refractivity contribution in [2.75, 3.05) is 5.32 Å². The number of rotatable bonds is 8. The number of hydrogen-bond donors (Lipinski definition) is 1. The van der Waals surface area contributed by atoms with Crippen molar-refractivity contribution in [3.8, 4) is 0 Å². The van der Waals surface area contributed by atoms with Crippen LogP contribution in [0.3, 0.4) is 0 Å². The first-order chi connectivity index (χ1) is 13.1. The largest absolute Gasteiger partial charge is 0.356 e. The van der Waals surface area contributed by atoms with Crippen molar-refractivity contribution in [1.82, 2.24) is 0 Å². The molecule has 0 spiro atoms. The van der Waals surface area contributed by atoms with Crippen molar-refractivity contribution in [1.29, 1.82) is 0 Å². The SMILES string of the molecule is C.C.C=C(Nc1ccccc1)c1ccccc1CC.CCCCC.CCCCC. The van der Waals surface area contributed by atoms with E-state index in [1.54, 1.807) is 0 Å². The van der Waals surface area contributed by atoms with Gasteiger partial charge in [-0.1, -0.05) is 137 Å². The standard InChI is InChI=1S/C16H17N.2C5H12.2CH4/c1-3-14-9-7-8-12-16(14)13(2)17-15-10-5-4-6-11-15;2*1-3-5-4-2;;/h4-12,17H,2-3H2,1H3;2*3-5H2,1-2H3;2*1H4. The number of hydrogen-bond acceptors (Lipinski definition) is 1. The zero-order chi connectivity index (χ0) is 20.3. The Balaban J connectivity index is -0.000000477. The van der Waals surface area contributed by atoms with Crippen LogP contribution in [0.4, 0.5) is 5.69 Å². The zero-order valence-corrected chi connectivity index (χ0v) is 18.4. The second-order valence-corrected chi connectivity index (χ2v) is 6.69. The summed E-state index contributed by atoms with van der Waals surface area (Å²) in [7, 11) is 0. The van der Waals surface area contributed by atoms with E-state index in [9.17, 15) is 0 Å². The molecular weight excluding hydrogens is 350 g/mol. The quantitative estimate of drug-likeness (QED) is 0.465. The molecule has 0 aliphatic carbocycles. The molecule has 0 fully saturated rings. The van der Waals surface area contributed by atoms with Crippen LogP contribution in [0.5, 0.6) is 0 Å². The van der Waals surface area contributed by atoms with Crippen LogP contribution in [-0.2, 0) is 6.42 Å². The first-order valence-electron chi connectivity index (χ1n) is 10.7. The predicted octanol–water partition coefficient (Wildman–Crippen LogP) is 10.00. The summed E-state index contributed by atoms with van der Waals surface area (Å²) in [4.78, 5) is 0. The molecular formula is C28H49N. The molecule has 1 nitrogen and oxygen atoms in total. The average molecular weight is 400 g/mol. The van der Waals surface area contributed by atoms with E-state index in [-0.39, 0.29) is 14.9 Å². The van der Waals surface area contributed by atoms with Gasteiger partial charge in [-0.15, -0.1) is 0 Å². The van der Waals surface area contributed by atoms with Gasteiger partial charge in [0.25, 0.3) is 0 Å². The van der Waals surface area contributed by atoms with Crippen molar-refractivity contribution < 1.29 is 0 Å². The Morgan fingerprint density at radius 1 is 0.690 bits per heavy atom. The van der Waals surface area contributed by atoms with Gasteiger partial charge in [0.2, 0.25) is 0 Å². The summed E-state index contributed by atoms with van der Waals surface area (Å²) < 4.78 is 0. The van der Waals surface area contributed by atoms with Crippen LogP contribution in [0, 0.1) is 0 Å². The predicted molar refractivity (Wildman–Crippen MR) is 139 cm³/mol. The van der Waals surface area contributed by atoms with Crippen LogP contribution in [0.15, 0.2) is 61.2 Å². The summed E-state index contributed by atoms with van der Waals surface area (Å²) in [6, 6.07) is 18.5. The highest BCUT2D eigenvalue weighted by Gasteiger charge is 2.03. The molecule has 0 unspecified atom stereocenters. The summed E-state index contributed by atoms with van der Waals surface area (Å²) in [5.74, 6) is 0. The maximum absolute atomic E-state index is 4.12. The summed E-state index contributed by atoms with van der Waals surface area (Å²) in [6.45, 7) is 15.1. The molecule has 1 heteroatoms. The first kappa shape index (κ1) is 31.7. The fourth-order valence-electron chi connectivity index (χ4n) is 2.59. The van der Waals surface area contributed by atoms with Crippen molar-refractivity contribution in [3.05, 3.63) is 72.3 Å². The lowest BCUT2D eigenvalue weighted by molar-refractivity contribution is 0.772. The van der Waals surface area contributed by atoms with E-state index in [0.717, 1.165) is 17.8 Å². The summed E-state index contributed by atoms with van der Waals surface area (Å²) >= 11 is 0. The molecule has 2 rings (SSSR count). The molecule has 0 radical (unpaired) electrons. The van der Waals surface area contributed by atoms with Crippen molar-refractivity contribution in [3.63, 3.8) is 0 Å². The Labute approximate surface area is 183 Å². The number of aryl methyl sites for hydroxylation is 1.